The predicted molar refractivity (Wildman–Crippen MR) is 62.2 cm³/mol. The molecule has 0 bridgehead atoms. The molecule has 0 saturated carbocycles. The van der Waals surface area contributed by atoms with Gasteiger partial charge in [0, 0.05) is 24.0 Å². The fourth-order valence-corrected chi connectivity index (χ4v) is 1.87. The van der Waals surface area contributed by atoms with E-state index in [1.54, 1.807) is 0 Å². The van der Waals surface area contributed by atoms with Crippen LogP contribution in [0.3, 0.4) is 0 Å². The van der Waals surface area contributed by atoms with Gasteiger partial charge in [0.15, 0.2) is 0 Å². The third-order valence-corrected chi connectivity index (χ3v) is 2.56. The third kappa shape index (κ3) is 1.71. The molecule has 0 spiro atoms. The highest BCUT2D eigenvalue weighted by Gasteiger charge is 2.13. The van der Waals surface area contributed by atoms with Gasteiger partial charge in [0.2, 0.25) is 0 Å². The molecule has 0 atom stereocenters. The van der Waals surface area contributed by atoms with Gasteiger partial charge in [-0.3, -0.25) is 4.79 Å². The summed E-state index contributed by atoms with van der Waals surface area (Å²) in [6, 6.07) is 5.81. The number of carbonyl (C=O) groups excluding carboxylic acids is 1. The number of anilines is 1. The minimum atomic E-state index is 0.770. The lowest BCUT2D eigenvalue weighted by molar-refractivity contribution is 0.112. The van der Waals surface area contributed by atoms with E-state index in [0.717, 1.165) is 36.1 Å². The average molecular weight is 199 g/mol. The number of rotatable bonds is 3. The number of benzene rings is 1. The SMILES string of the molecule is C=CCN1C=CCc2c(C=O)cccc21. The van der Waals surface area contributed by atoms with Gasteiger partial charge in [-0.25, -0.2) is 0 Å². The summed E-state index contributed by atoms with van der Waals surface area (Å²) >= 11 is 0. The molecule has 2 nitrogen and oxygen atoms in total. The van der Waals surface area contributed by atoms with Crippen LogP contribution in [0.25, 0.3) is 0 Å². The van der Waals surface area contributed by atoms with Crippen LogP contribution in [0.5, 0.6) is 0 Å². The maximum atomic E-state index is 10.9. The standard InChI is InChI=1S/C13H13NO/c1-2-8-14-9-4-6-12-11(10-15)5-3-7-13(12)14/h2-5,7,9-10H,1,6,8H2. The number of carbonyl (C=O) groups is 1. The molecule has 0 radical (unpaired) electrons. The first-order valence-corrected chi connectivity index (χ1v) is 4.98. The van der Waals surface area contributed by atoms with E-state index in [4.69, 9.17) is 0 Å². The first-order chi connectivity index (χ1) is 7.36. The van der Waals surface area contributed by atoms with E-state index >= 15 is 0 Å². The molecule has 1 heterocycles. The van der Waals surface area contributed by atoms with E-state index < -0.39 is 0 Å². The van der Waals surface area contributed by atoms with Gasteiger partial charge in [0.1, 0.15) is 6.29 Å². The topological polar surface area (TPSA) is 20.3 Å². The minimum absolute atomic E-state index is 0.770. The smallest absolute Gasteiger partial charge is 0.150 e. The van der Waals surface area contributed by atoms with Gasteiger partial charge >= 0.3 is 0 Å². The molecule has 0 aromatic heterocycles. The summed E-state index contributed by atoms with van der Waals surface area (Å²) in [5, 5.41) is 0. The zero-order valence-corrected chi connectivity index (χ0v) is 8.52. The van der Waals surface area contributed by atoms with Crippen LogP contribution in [0.2, 0.25) is 0 Å². The zero-order chi connectivity index (χ0) is 10.7. The maximum absolute atomic E-state index is 10.9. The predicted octanol–water partition coefficient (Wildman–Crippen LogP) is 2.56. The lowest BCUT2D eigenvalue weighted by atomic mass is 10.00. The highest BCUT2D eigenvalue weighted by molar-refractivity contribution is 5.82. The molecule has 2 heteroatoms. The fraction of sp³-hybridized carbons (Fsp3) is 0.154. The monoisotopic (exact) mass is 199 g/mol. The second-order valence-electron chi connectivity index (χ2n) is 3.49. The van der Waals surface area contributed by atoms with Gasteiger partial charge in [-0.2, -0.15) is 0 Å². The van der Waals surface area contributed by atoms with Crippen LogP contribution >= 0.6 is 0 Å². The molecule has 2 rings (SSSR count). The summed E-state index contributed by atoms with van der Waals surface area (Å²) < 4.78 is 0. The molecule has 0 aliphatic carbocycles. The van der Waals surface area contributed by atoms with Gasteiger partial charge in [-0.05, 0) is 18.1 Å². The lowest BCUT2D eigenvalue weighted by Crippen LogP contribution is -2.20. The summed E-state index contributed by atoms with van der Waals surface area (Å²) in [7, 11) is 0. The van der Waals surface area contributed by atoms with Crippen LogP contribution in [0.4, 0.5) is 5.69 Å². The Kier molecular flexibility index (Phi) is 2.68. The zero-order valence-electron chi connectivity index (χ0n) is 8.52. The van der Waals surface area contributed by atoms with Crippen molar-refractivity contribution in [3.8, 4) is 0 Å². The van der Waals surface area contributed by atoms with Gasteiger partial charge in [-0.15, -0.1) is 6.58 Å². The molecule has 0 N–H and O–H groups in total. The fourth-order valence-electron chi connectivity index (χ4n) is 1.87. The Morgan fingerprint density at radius 1 is 1.47 bits per heavy atom. The molecule has 0 fully saturated rings. The molecule has 1 aromatic rings. The van der Waals surface area contributed by atoms with E-state index in [1.807, 2.05) is 30.5 Å². The largest absolute Gasteiger partial charge is 0.344 e. The molecule has 0 unspecified atom stereocenters. The number of nitrogens with zero attached hydrogens (tertiary/aromatic N) is 1. The van der Waals surface area contributed by atoms with Crippen molar-refractivity contribution in [2.45, 2.75) is 6.42 Å². The van der Waals surface area contributed by atoms with E-state index in [-0.39, 0.29) is 0 Å². The van der Waals surface area contributed by atoms with Gasteiger partial charge in [0.05, 0.1) is 0 Å². The Labute approximate surface area is 89.5 Å². The molecule has 1 aliphatic rings. The van der Waals surface area contributed by atoms with Gasteiger partial charge < -0.3 is 4.90 Å². The van der Waals surface area contributed by atoms with Crippen molar-refractivity contribution in [1.29, 1.82) is 0 Å². The minimum Gasteiger partial charge on any atom is -0.344 e. The molecule has 0 amide bonds. The molecule has 0 saturated heterocycles. The maximum Gasteiger partial charge on any atom is 0.150 e. The normalized spacial score (nSPS) is 13.5. The van der Waals surface area contributed by atoms with Crippen LogP contribution in [-0.4, -0.2) is 12.8 Å². The van der Waals surface area contributed by atoms with E-state index in [0.29, 0.717) is 0 Å². The quantitative estimate of drug-likeness (QED) is 0.551. The molecular weight excluding hydrogens is 186 g/mol. The molecule has 1 aromatic carbocycles. The third-order valence-electron chi connectivity index (χ3n) is 2.56. The summed E-state index contributed by atoms with van der Waals surface area (Å²) in [6.07, 6.45) is 7.71. The Morgan fingerprint density at radius 2 is 2.33 bits per heavy atom. The number of hydrogen-bond acceptors (Lipinski definition) is 2. The van der Waals surface area contributed by atoms with Crippen molar-refractivity contribution >= 4 is 12.0 Å². The lowest BCUT2D eigenvalue weighted by Gasteiger charge is -2.26. The van der Waals surface area contributed by atoms with Crippen LogP contribution in [0.1, 0.15) is 15.9 Å². The van der Waals surface area contributed by atoms with Crippen molar-refractivity contribution < 1.29 is 4.79 Å². The van der Waals surface area contributed by atoms with Crippen LogP contribution in [0.15, 0.2) is 43.1 Å². The Bertz CT molecular complexity index is 421. The van der Waals surface area contributed by atoms with Crippen molar-refractivity contribution in [1.82, 2.24) is 0 Å². The van der Waals surface area contributed by atoms with Crippen molar-refractivity contribution in [3.63, 3.8) is 0 Å². The van der Waals surface area contributed by atoms with E-state index in [9.17, 15) is 4.79 Å². The van der Waals surface area contributed by atoms with Crippen molar-refractivity contribution in [3.05, 3.63) is 54.3 Å². The summed E-state index contributed by atoms with van der Waals surface area (Å²) in [6.45, 7) is 4.49. The number of aldehydes is 1. The van der Waals surface area contributed by atoms with Crippen LogP contribution in [-0.2, 0) is 6.42 Å². The first-order valence-electron chi connectivity index (χ1n) is 4.98. The Hall–Kier alpha value is -1.83. The number of fused-ring (bicyclic) bond motifs is 1. The van der Waals surface area contributed by atoms with E-state index in [2.05, 4.69) is 17.6 Å². The highest BCUT2D eigenvalue weighted by Crippen LogP contribution is 2.27. The molecule has 15 heavy (non-hydrogen) atoms. The number of hydrogen-bond donors (Lipinski definition) is 0. The number of allylic oxidation sites excluding steroid dienone is 1. The summed E-state index contributed by atoms with van der Waals surface area (Å²) in [5.74, 6) is 0. The second-order valence-corrected chi connectivity index (χ2v) is 3.49. The Morgan fingerprint density at radius 3 is 3.07 bits per heavy atom. The summed E-state index contributed by atoms with van der Waals surface area (Å²) in [4.78, 5) is 13.0. The average Bonchev–Trinajstić information content (AvgIpc) is 2.29. The highest BCUT2D eigenvalue weighted by atomic mass is 16.1. The molecule has 76 valence electrons. The van der Waals surface area contributed by atoms with Gasteiger partial charge in [-0.1, -0.05) is 24.3 Å². The molecule has 1 aliphatic heterocycles. The van der Waals surface area contributed by atoms with Crippen molar-refractivity contribution in [2.24, 2.45) is 0 Å². The van der Waals surface area contributed by atoms with Crippen LogP contribution in [0, 0.1) is 0 Å². The van der Waals surface area contributed by atoms with Crippen LogP contribution < -0.4 is 4.90 Å². The first kappa shape index (κ1) is 9.71. The Balaban J connectivity index is 2.47. The second kappa shape index (κ2) is 4.13. The van der Waals surface area contributed by atoms with Crippen molar-refractivity contribution in [2.75, 3.05) is 11.4 Å². The molecular formula is C13H13NO. The van der Waals surface area contributed by atoms with Gasteiger partial charge in [0.25, 0.3) is 0 Å². The summed E-state index contributed by atoms with van der Waals surface area (Å²) in [5.41, 5.74) is 3.00. The van der Waals surface area contributed by atoms with E-state index in [1.165, 1.54) is 0 Å².